The summed E-state index contributed by atoms with van der Waals surface area (Å²) in [5, 5.41) is 8.11. The average molecular weight is 535 g/mol. The molecule has 1 aliphatic heterocycles. The predicted octanol–water partition coefficient (Wildman–Crippen LogP) is 5.22. The summed E-state index contributed by atoms with van der Waals surface area (Å²) in [4.78, 5) is 19.1. The molecule has 2 N–H and O–H groups in total. The van der Waals surface area contributed by atoms with Gasteiger partial charge in [0.2, 0.25) is 0 Å². The maximum absolute atomic E-state index is 11.9. The van der Waals surface area contributed by atoms with Crippen LogP contribution >= 0.6 is 0 Å². The Kier molecular flexibility index (Phi) is 8.56. The molecule has 1 aliphatic carbocycles. The lowest BCUT2D eigenvalue weighted by molar-refractivity contribution is -0.146. The van der Waals surface area contributed by atoms with Gasteiger partial charge < -0.3 is 34.5 Å². The van der Waals surface area contributed by atoms with Crippen molar-refractivity contribution in [3.05, 3.63) is 42.5 Å². The van der Waals surface area contributed by atoms with Gasteiger partial charge in [-0.15, -0.1) is 0 Å². The van der Waals surface area contributed by atoms with Crippen LogP contribution in [0.5, 0.6) is 11.5 Å². The lowest BCUT2D eigenvalue weighted by Crippen LogP contribution is -2.36. The van der Waals surface area contributed by atoms with E-state index in [4.69, 9.17) is 23.9 Å². The molecule has 2 aromatic carbocycles. The van der Waals surface area contributed by atoms with Crippen molar-refractivity contribution >= 4 is 39.8 Å². The number of benzene rings is 2. The van der Waals surface area contributed by atoms with Crippen LogP contribution in [0, 0.1) is 11.8 Å². The number of carbonyl (C=O) groups is 1. The molecule has 1 saturated carbocycles. The van der Waals surface area contributed by atoms with Crippen molar-refractivity contribution in [2.75, 3.05) is 69.7 Å². The number of fused-ring (bicyclic) bond motifs is 1. The second kappa shape index (κ2) is 12.4. The number of carbonyl (C=O) groups excluding carboxylic acids is 1. The highest BCUT2D eigenvalue weighted by Gasteiger charge is 2.27. The first-order chi connectivity index (χ1) is 19.1. The zero-order valence-corrected chi connectivity index (χ0v) is 23.0. The van der Waals surface area contributed by atoms with E-state index in [2.05, 4.69) is 39.8 Å². The van der Waals surface area contributed by atoms with E-state index in [9.17, 15) is 4.79 Å². The van der Waals surface area contributed by atoms with Crippen LogP contribution in [0.4, 0.5) is 22.9 Å². The van der Waals surface area contributed by atoms with Crippen molar-refractivity contribution in [2.24, 2.45) is 11.8 Å². The van der Waals surface area contributed by atoms with Crippen molar-refractivity contribution < 1.29 is 23.7 Å². The quantitative estimate of drug-likeness (QED) is 0.358. The third-order valence-corrected chi connectivity index (χ3v) is 7.79. The van der Waals surface area contributed by atoms with E-state index in [0.29, 0.717) is 17.4 Å². The number of pyridine rings is 1. The minimum absolute atomic E-state index is 0.0233. The molecule has 2 fully saturated rings. The van der Waals surface area contributed by atoms with Crippen LogP contribution in [0.3, 0.4) is 0 Å². The first kappa shape index (κ1) is 26.9. The number of esters is 1. The minimum Gasteiger partial charge on any atom is -0.493 e. The van der Waals surface area contributed by atoms with Crippen LogP contribution < -0.4 is 25.0 Å². The van der Waals surface area contributed by atoms with E-state index in [1.807, 2.05) is 18.2 Å². The summed E-state index contributed by atoms with van der Waals surface area (Å²) in [6.45, 7) is 4.15. The van der Waals surface area contributed by atoms with E-state index in [0.717, 1.165) is 86.6 Å². The summed E-state index contributed by atoms with van der Waals surface area (Å²) in [7, 11) is 4.74. The Hall–Kier alpha value is -3.72. The van der Waals surface area contributed by atoms with Crippen LogP contribution in [0.2, 0.25) is 0 Å². The monoisotopic (exact) mass is 534 g/mol. The number of hydrogen-bond acceptors (Lipinski definition) is 9. The van der Waals surface area contributed by atoms with E-state index in [1.54, 1.807) is 14.2 Å². The lowest BCUT2D eigenvalue weighted by Gasteiger charge is -2.29. The minimum atomic E-state index is -0.0868. The van der Waals surface area contributed by atoms with Gasteiger partial charge in [-0.2, -0.15) is 0 Å². The summed E-state index contributed by atoms with van der Waals surface area (Å²) < 4.78 is 21.5. The van der Waals surface area contributed by atoms with Crippen molar-refractivity contribution in [3.8, 4) is 11.5 Å². The maximum atomic E-state index is 11.9. The molecule has 1 saturated heterocycles. The van der Waals surface area contributed by atoms with Gasteiger partial charge in [0.1, 0.15) is 5.82 Å². The molecule has 3 aromatic rings. The van der Waals surface area contributed by atoms with Gasteiger partial charge in [0.25, 0.3) is 0 Å². The molecular formula is C30H38N4O5. The Morgan fingerprint density at radius 1 is 0.974 bits per heavy atom. The zero-order valence-electron chi connectivity index (χ0n) is 23.0. The van der Waals surface area contributed by atoms with Crippen molar-refractivity contribution in [3.63, 3.8) is 0 Å². The Bertz CT molecular complexity index is 1270. The molecule has 0 amide bonds. The fraction of sp³-hybridized carbons (Fsp3) is 0.467. The third kappa shape index (κ3) is 6.30. The largest absolute Gasteiger partial charge is 0.493 e. The fourth-order valence-electron chi connectivity index (χ4n) is 5.51. The van der Waals surface area contributed by atoms with Crippen molar-refractivity contribution in [2.45, 2.75) is 25.7 Å². The molecule has 39 heavy (non-hydrogen) atoms. The number of rotatable bonds is 9. The fourth-order valence-corrected chi connectivity index (χ4v) is 5.51. The highest BCUT2D eigenvalue weighted by atomic mass is 16.5. The Balaban J connectivity index is 1.36. The molecule has 9 nitrogen and oxygen atoms in total. The number of methoxy groups -OCH3 is 3. The summed E-state index contributed by atoms with van der Waals surface area (Å²) in [6.07, 6.45) is 3.73. The first-order valence-corrected chi connectivity index (χ1v) is 13.7. The molecular weight excluding hydrogens is 496 g/mol. The second-order valence-corrected chi connectivity index (χ2v) is 10.2. The summed E-state index contributed by atoms with van der Waals surface area (Å²) in [6, 6.07) is 14.4. The van der Waals surface area contributed by atoms with Gasteiger partial charge in [-0.05, 0) is 61.9 Å². The van der Waals surface area contributed by atoms with E-state index >= 15 is 0 Å². The Labute approximate surface area is 229 Å². The normalized spacial score (nSPS) is 19.4. The number of ether oxygens (including phenoxy) is 4. The molecule has 0 spiro atoms. The molecule has 1 aromatic heterocycles. The van der Waals surface area contributed by atoms with Crippen LogP contribution in [-0.2, 0) is 14.3 Å². The summed E-state index contributed by atoms with van der Waals surface area (Å²) >= 11 is 0. The van der Waals surface area contributed by atoms with E-state index in [1.165, 1.54) is 12.8 Å². The van der Waals surface area contributed by atoms with Gasteiger partial charge in [-0.25, -0.2) is 4.98 Å². The van der Waals surface area contributed by atoms with Gasteiger partial charge >= 0.3 is 5.97 Å². The van der Waals surface area contributed by atoms with Crippen LogP contribution in [0.1, 0.15) is 25.7 Å². The number of morpholine rings is 1. The number of aromatic nitrogens is 1. The average Bonchev–Trinajstić information content (AvgIpc) is 2.99. The summed E-state index contributed by atoms with van der Waals surface area (Å²) in [5.41, 5.74) is 3.94. The van der Waals surface area contributed by atoms with Gasteiger partial charge in [0.15, 0.2) is 11.5 Å². The zero-order chi connectivity index (χ0) is 27.2. The van der Waals surface area contributed by atoms with E-state index < -0.39 is 0 Å². The van der Waals surface area contributed by atoms with Gasteiger partial charge in [0, 0.05) is 54.2 Å². The standard InChI is InChI=1S/C30H38N4O5/c1-36-27-16-24-25(31-19-20-4-6-21(7-5-20)30(35)38-3)18-29(33-26(24)17-28(27)37-2)32-22-8-10-23(11-9-22)34-12-14-39-15-13-34/h8-11,16-18,20-21H,4-7,12-15,19H2,1-3H3,(H2,31,32,33). The van der Waals surface area contributed by atoms with Gasteiger partial charge in [0.05, 0.1) is 46.0 Å². The molecule has 0 atom stereocenters. The topological polar surface area (TPSA) is 94.2 Å². The molecule has 9 heteroatoms. The second-order valence-electron chi connectivity index (χ2n) is 10.2. The van der Waals surface area contributed by atoms with Gasteiger partial charge in [-0.3, -0.25) is 4.79 Å². The molecule has 0 bridgehead atoms. The maximum Gasteiger partial charge on any atom is 0.308 e. The van der Waals surface area contributed by atoms with E-state index in [-0.39, 0.29) is 11.9 Å². The predicted molar refractivity (Wildman–Crippen MR) is 154 cm³/mol. The van der Waals surface area contributed by atoms with Gasteiger partial charge in [-0.1, -0.05) is 0 Å². The van der Waals surface area contributed by atoms with Crippen molar-refractivity contribution in [1.82, 2.24) is 4.98 Å². The number of anilines is 4. The molecule has 5 rings (SSSR count). The third-order valence-electron chi connectivity index (χ3n) is 7.79. The molecule has 0 unspecified atom stereocenters. The van der Waals surface area contributed by atoms with Crippen LogP contribution in [-0.4, -0.2) is 65.1 Å². The summed E-state index contributed by atoms with van der Waals surface area (Å²) in [5.74, 6) is 2.46. The van der Waals surface area contributed by atoms with Crippen LogP contribution in [0.25, 0.3) is 10.9 Å². The molecule has 0 radical (unpaired) electrons. The first-order valence-electron chi connectivity index (χ1n) is 13.7. The van der Waals surface area contributed by atoms with Crippen molar-refractivity contribution in [1.29, 1.82) is 0 Å². The Morgan fingerprint density at radius 3 is 2.33 bits per heavy atom. The molecule has 2 aliphatic rings. The number of hydrogen-bond donors (Lipinski definition) is 2. The highest BCUT2D eigenvalue weighted by Crippen LogP contribution is 2.37. The number of nitrogens with zero attached hydrogens (tertiary/aromatic N) is 2. The lowest BCUT2D eigenvalue weighted by atomic mass is 9.82. The number of nitrogens with one attached hydrogen (secondary N) is 2. The molecule has 2 heterocycles. The highest BCUT2D eigenvalue weighted by molar-refractivity contribution is 5.95. The smallest absolute Gasteiger partial charge is 0.308 e. The molecule has 208 valence electrons. The Morgan fingerprint density at radius 2 is 1.67 bits per heavy atom. The van der Waals surface area contributed by atoms with Crippen LogP contribution in [0.15, 0.2) is 42.5 Å². The SMILES string of the molecule is COC(=O)C1CCC(CNc2cc(Nc3ccc(N4CCOCC4)cc3)nc3cc(OC)c(OC)cc23)CC1.